The third-order valence-corrected chi connectivity index (χ3v) is 4.02. The first-order valence-electron chi connectivity index (χ1n) is 7.18. The molecule has 0 aliphatic carbocycles. The number of nitrogens with two attached hydrogens (primary N) is 1. The van der Waals surface area contributed by atoms with Gasteiger partial charge < -0.3 is 10.3 Å². The van der Waals surface area contributed by atoms with Crippen LogP contribution in [0, 0.1) is 11.7 Å². The quantitative estimate of drug-likeness (QED) is 0.935. The third-order valence-electron chi connectivity index (χ3n) is 4.02. The van der Waals surface area contributed by atoms with Crippen LogP contribution in [0.5, 0.6) is 0 Å². The number of halogens is 1. The Morgan fingerprint density at radius 2 is 2.33 bits per heavy atom. The summed E-state index contributed by atoms with van der Waals surface area (Å²) in [6, 6.07) is 7.00. The van der Waals surface area contributed by atoms with Gasteiger partial charge in [-0.05, 0) is 36.6 Å². The zero-order chi connectivity index (χ0) is 14.8. The Labute approximate surface area is 122 Å². The molecule has 0 bridgehead atoms. The van der Waals surface area contributed by atoms with Crippen molar-refractivity contribution in [3.05, 3.63) is 47.4 Å². The Kier molecular flexibility index (Phi) is 3.98. The van der Waals surface area contributed by atoms with Gasteiger partial charge in [-0.2, -0.15) is 4.98 Å². The highest BCUT2D eigenvalue weighted by atomic mass is 19.1. The van der Waals surface area contributed by atoms with Crippen LogP contribution in [0.25, 0.3) is 0 Å². The van der Waals surface area contributed by atoms with E-state index in [4.69, 9.17) is 10.3 Å². The summed E-state index contributed by atoms with van der Waals surface area (Å²) in [5.41, 5.74) is 6.48. The molecule has 2 unspecified atom stereocenters. The fourth-order valence-corrected chi connectivity index (χ4v) is 3.05. The molecule has 1 aromatic heterocycles. The number of hydrogen-bond donors (Lipinski definition) is 1. The van der Waals surface area contributed by atoms with E-state index in [2.05, 4.69) is 22.0 Å². The van der Waals surface area contributed by atoms with E-state index in [1.165, 1.54) is 6.07 Å². The molecule has 2 aromatic rings. The maximum Gasteiger partial charge on any atom is 0.240 e. The van der Waals surface area contributed by atoms with E-state index in [0.29, 0.717) is 24.2 Å². The predicted molar refractivity (Wildman–Crippen MR) is 75.5 cm³/mol. The summed E-state index contributed by atoms with van der Waals surface area (Å²) in [5.74, 6) is 1.34. The van der Waals surface area contributed by atoms with Gasteiger partial charge in [-0.1, -0.05) is 24.2 Å². The second kappa shape index (κ2) is 5.91. The minimum absolute atomic E-state index is 0.181. The van der Waals surface area contributed by atoms with E-state index in [-0.39, 0.29) is 18.4 Å². The smallest absolute Gasteiger partial charge is 0.240 e. The summed E-state index contributed by atoms with van der Waals surface area (Å²) >= 11 is 0. The molecule has 0 amide bonds. The molecule has 0 saturated carbocycles. The maximum atomic E-state index is 13.5. The number of benzene rings is 1. The molecule has 1 fully saturated rings. The topological polar surface area (TPSA) is 68.2 Å². The van der Waals surface area contributed by atoms with Crippen LogP contribution in [0.15, 0.2) is 28.8 Å². The Morgan fingerprint density at radius 1 is 1.48 bits per heavy atom. The molecule has 2 atom stereocenters. The Hall–Kier alpha value is -1.79. The summed E-state index contributed by atoms with van der Waals surface area (Å²) in [6.45, 7) is 3.97. The monoisotopic (exact) mass is 290 g/mol. The summed E-state index contributed by atoms with van der Waals surface area (Å²) in [5, 5.41) is 3.94. The van der Waals surface area contributed by atoms with Crippen LogP contribution in [0.3, 0.4) is 0 Å². The summed E-state index contributed by atoms with van der Waals surface area (Å²) in [7, 11) is 0. The van der Waals surface area contributed by atoms with Crippen LogP contribution < -0.4 is 5.73 Å². The second-order valence-corrected chi connectivity index (χ2v) is 5.54. The molecule has 0 spiro atoms. The van der Waals surface area contributed by atoms with Gasteiger partial charge in [0, 0.05) is 6.04 Å². The lowest BCUT2D eigenvalue weighted by molar-refractivity contribution is 0.216. The van der Waals surface area contributed by atoms with Crippen LogP contribution in [0.4, 0.5) is 4.39 Å². The van der Waals surface area contributed by atoms with Crippen molar-refractivity contribution < 1.29 is 8.91 Å². The molecule has 2 N–H and O–H groups in total. The molecule has 5 nitrogen and oxygen atoms in total. The van der Waals surface area contributed by atoms with E-state index in [1.807, 2.05) is 6.07 Å². The van der Waals surface area contributed by atoms with Gasteiger partial charge in [-0.15, -0.1) is 0 Å². The maximum absolute atomic E-state index is 13.5. The van der Waals surface area contributed by atoms with Crippen LogP contribution in [0.1, 0.15) is 36.7 Å². The molecule has 1 aliphatic rings. The zero-order valence-corrected chi connectivity index (χ0v) is 12.0. The van der Waals surface area contributed by atoms with Crippen molar-refractivity contribution in [1.29, 1.82) is 0 Å². The first kappa shape index (κ1) is 14.2. The molecule has 3 rings (SSSR count). The molecule has 6 heteroatoms. The van der Waals surface area contributed by atoms with Gasteiger partial charge in [0.15, 0.2) is 5.82 Å². The Balaban J connectivity index is 1.80. The highest BCUT2D eigenvalue weighted by Crippen LogP contribution is 2.37. The normalized spacial score (nSPS) is 22.8. The predicted octanol–water partition coefficient (Wildman–Crippen LogP) is 2.25. The summed E-state index contributed by atoms with van der Waals surface area (Å²) in [4.78, 5) is 6.51. The lowest BCUT2D eigenvalue weighted by Gasteiger charge is -2.26. The molecule has 112 valence electrons. The van der Waals surface area contributed by atoms with Gasteiger partial charge >= 0.3 is 0 Å². The van der Waals surface area contributed by atoms with E-state index in [0.717, 1.165) is 18.5 Å². The first-order valence-corrected chi connectivity index (χ1v) is 7.18. The first-order chi connectivity index (χ1) is 10.2. The largest absolute Gasteiger partial charge is 0.338 e. The number of rotatable bonds is 4. The van der Waals surface area contributed by atoms with Crippen molar-refractivity contribution in [3.8, 4) is 0 Å². The van der Waals surface area contributed by atoms with Gasteiger partial charge in [-0.25, -0.2) is 4.39 Å². The average Bonchev–Trinajstić information content (AvgIpc) is 3.06. The van der Waals surface area contributed by atoms with Crippen molar-refractivity contribution in [2.75, 3.05) is 6.54 Å². The van der Waals surface area contributed by atoms with Crippen molar-refractivity contribution in [2.24, 2.45) is 11.7 Å². The van der Waals surface area contributed by atoms with Gasteiger partial charge in [0.2, 0.25) is 5.89 Å². The molecule has 1 saturated heterocycles. The van der Waals surface area contributed by atoms with E-state index >= 15 is 0 Å². The van der Waals surface area contributed by atoms with Crippen molar-refractivity contribution in [3.63, 3.8) is 0 Å². The Morgan fingerprint density at radius 3 is 3.05 bits per heavy atom. The van der Waals surface area contributed by atoms with Crippen molar-refractivity contribution in [2.45, 2.75) is 32.5 Å². The molecule has 1 aromatic carbocycles. The fourth-order valence-electron chi connectivity index (χ4n) is 3.05. The fraction of sp³-hybridized carbons (Fsp3) is 0.467. The molecule has 21 heavy (non-hydrogen) atoms. The molecule has 2 heterocycles. The highest BCUT2D eigenvalue weighted by molar-refractivity contribution is 5.22. The van der Waals surface area contributed by atoms with Crippen LogP contribution >= 0.6 is 0 Å². The second-order valence-electron chi connectivity index (χ2n) is 5.54. The average molecular weight is 290 g/mol. The summed E-state index contributed by atoms with van der Waals surface area (Å²) < 4.78 is 18.5. The van der Waals surface area contributed by atoms with Gasteiger partial charge in [0.05, 0.1) is 13.1 Å². The van der Waals surface area contributed by atoms with Gasteiger partial charge in [-0.3, -0.25) is 4.90 Å². The van der Waals surface area contributed by atoms with Gasteiger partial charge in [0.1, 0.15) is 5.82 Å². The van der Waals surface area contributed by atoms with E-state index in [1.54, 1.807) is 12.1 Å². The highest BCUT2D eigenvalue weighted by Gasteiger charge is 2.33. The molecule has 0 radical (unpaired) electrons. The van der Waals surface area contributed by atoms with Crippen LogP contribution in [0.2, 0.25) is 0 Å². The summed E-state index contributed by atoms with van der Waals surface area (Å²) in [6.07, 6.45) is 1.07. The molecular weight excluding hydrogens is 271 g/mol. The lowest BCUT2D eigenvalue weighted by Crippen LogP contribution is -2.25. The lowest BCUT2D eigenvalue weighted by atomic mass is 9.95. The minimum atomic E-state index is -0.198. The molecular formula is C15H19FN4O. The van der Waals surface area contributed by atoms with E-state index in [9.17, 15) is 4.39 Å². The number of likely N-dealkylation sites (tertiary alicyclic amines) is 1. The Bertz CT molecular complexity index is 615. The SMILES string of the molecule is CC1CCN(Cc2noc(CN)n2)C1c1cccc(F)c1. The zero-order valence-electron chi connectivity index (χ0n) is 12.0. The number of aromatic nitrogens is 2. The standard InChI is InChI=1S/C15H19FN4O/c1-10-5-6-20(9-13-18-14(8-17)21-19-13)15(10)11-3-2-4-12(16)7-11/h2-4,7,10,15H,5-6,8-9,17H2,1H3. The van der Waals surface area contributed by atoms with E-state index < -0.39 is 0 Å². The van der Waals surface area contributed by atoms with Crippen molar-refractivity contribution in [1.82, 2.24) is 15.0 Å². The van der Waals surface area contributed by atoms with Crippen LogP contribution in [-0.4, -0.2) is 21.6 Å². The third kappa shape index (κ3) is 2.96. The van der Waals surface area contributed by atoms with Gasteiger partial charge in [0.25, 0.3) is 0 Å². The molecule has 1 aliphatic heterocycles. The van der Waals surface area contributed by atoms with Crippen LogP contribution in [-0.2, 0) is 13.1 Å². The van der Waals surface area contributed by atoms with Crippen molar-refractivity contribution >= 4 is 0 Å². The minimum Gasteiger partial charge on any atom is -0.338 e. The number of nitrogens with zero attached hydrogens (tertiary/aromatic N) is 3. The number of hydrogen-bond acceptors (Lipinski definition) is 5.